The lowest BCUT2D eigenvalue weighted by Gasteiger charge is -2.26. The van der Waals surface area contributed by atoms with Crippen molar-refractivity contribution in [1.29, 1.82) is 0 Å². The summed E-state index contributed by atoms with van der Waals surface area (Å²) >= 11 is 0. The van der Waals surface area contributed by atoms with E-state index in [2.05, 4.69) is 25.4 Å². The van der Waals surface area contributed by atoms with E-state index < -0.39 is 5.82 Å². The second-order valence-electron chi connectivity index (χ2n) is 7.96. The Morgan fingerprint density at radius 1 is 1.38 bits per heavy atom. The Balaban J connectivity index is 1.70. The lowest BCUT2D eigenvalue weighted by atomic mass is 10.1. The molecule has 2 amide bonds. The van der Waals surface area contributed by atoms with Gasteiger partial charge in [0.2, 0.25) is 0 Å². The highest BCUT2D eigenvalue weighted by Gasteiger charge is 2.19. The first-order valence-corrected chi connectivity index (χ1v) is 10.7. The minimum Gasteiger partial charge on any atom is -0.490 e. The zero-order chi connectivity index (χ0) is 23.1. The van der Waals surface area contributed by atoms with E-state index in [9.17, 15) is 9.18 Å². The van der Waals surface area contributed by atoms with Gasteiger partial charge in [0, 0.05) is 25.7 Å². The van der Waals surface area contributed by atoms with Gasteiger partial charge in [0.25, 0.3) is 0 Å². The SMILES string of the molecule is CC(=Nc1cc(F)c(OCCCN(C)C)cc1C)c1[nH]ncc1NC(=O)N1CCOCC1. The zero-order valence-corrected chi connectivity index (χ0v) is 19.1. The number of nitrogens with zero attached hydrogens (tertiary/aromatic N) is 4. The summed E-state index contributed by atoms with van der Waals surface area (Å²) in [6, 6.07) is 2.80. The van der Waals surface area contributed by atoms with Crippen LogP contribution in [-0.4, -0.2) is 85.3 Å². The molecule has 3 rings (SSSR count). The molecular formula is C22H31FN6O3. The Morgan fingerprint density at radius 3 is 2.84 bits per heavy atom. The van der Waals surface area contributed by atoms with Gasteiger partial charge in [-0.1, -0.05) is 0 Å². The molecule has 1 aromatic carbocycles. The molecule has 2 heterocycles. The van der Waals surface area contributed by atoms with Gasteiger partial charge in [-0.25, -0.2) is 9.18 Å². The highest BCUT2D eigenvalue weighted by atomic mass is 19.1. The maximum atomic E-state index is 14.6. The number of urea groups is 1. The van der Waals surface area contributed by atoms with Crippen LogP contribution >= 0.6 is 0 Å². The second-order valence-corrected chi connectivity index (χ2v) is 7.96. The van der Waals surface area contributed by atoms with Crippen LogP contribution in [-0.2, 0) is 4.74 Å². The number of aliphatic imine (C=N–C) groups is 1. The number of ether oxygens (including phenoxy) is 2. The molecule has 1 aliphatic heterocycles. The summed E-state index contributed by atoms with van der Waals surface area (Å²) in [5.41, 5.74) is 2.92. The van der Waals surface area contributed by atoms with E-state index in [-0.39, 0.29) is 11.8 Å². The summed E-state index contributed by atoms with van der Waals surface area (Å²) in [5.74, 6) is -0.240. The van der Waals surface area contributed by atoms with Gasteiger partial charge in [-0.2, -0.15) is 5.10 Å². The molecule has 9 nitrogen and oxygen atoms in total. The maximum Gasteiger partial charge on any atom is 0.322 e. The third kappa shape index (κ3) is 6.27. The van der Waals surface area contributed by atoms with Crippen LogP contribution in [0, 0.1) is 12.7 Å². The van der Waals surface area contributed by atoms with Crippen LogP contribution in [0.4, 0.5) is 20.6 Å². The molecule has 1 aliphatic rings. The average molecular weight is 447 g/mol. The van der Waals surface area contributed by atoms with Crippen molar-refractivity contribution in [3.05, 3.63) is 35.4 Å². The van der Waals surface area contributed by atoms with Crippen LogP contribution in [0.25, 0.3) is 0 Å². The van der Waals surface area contributed by atoms with Crippen molar-refractivity contribution in [3.8, 4) is 5.75 Å². The number of anilines is 1. The predicted octanol–water partition coefficient (Wildman–Crippen LogP) is 3.19. The first kappa shape index (κ1) is 23.7. The molecule has 0 saturated carbocycles. The number of carbonyl (C=O) groups is 1. The largest absolute Gasteiger partial charge is 0.490 e. The fourth-order valence-corrected chi connectivity index (χ4v) is 3.29. The van der Waals surface area contributed by atoms with Gasteiger partial charge < -0.3 is 24.6 Å². The number of aromatic amines is 1. The van der Waals surface area contributed by atoms with Gasteiger partial charge in [-0.05, 0) is 46.0 Å². The molecule has 0 aliphatic carbocycles. The van der Waals surface area contributed by atoms with Gasteiger partial charge in [-0.15, -0.1) is 0 Å². The fraction of sp³-hybridized carbons (Fsp3) is 0.500. The molecule has 0 radical (unpaired) electrons. The lowest BCUT2D eigenvalue weighted by Crippen LogP contribution is -2.43. The standard InChI is InChI=1S/C22H31FN6O3/c1-15-12-20(32-9-5-6-28(3)4)17(23)13-18(15)25-16(2)21-19(14-24-27-21)26-22(30)29-7-10-31-11-8-29/h12-14H,5-11H2,1-4H3,(H,24,27)(H,26,30). The number of halogens is 1. The van der Waals surface area contributed by atoms with Gasteiger partial charge in [0.1, 0.15) is 5.69 Å². The Hall–Kier alpha value is -2.98. The normalized spacial score (nSPS) is 14.7. The van der Waals surface area contributed by atoms with Crippen LogP contribution in [0.1, 0.15) is 24.6 Å². The third-order valence-electron chi connectivity index (χ3n) is 5.09. The number of hydrogen-bond acceptors (Lipinski definition) is 6. The summed E-state index contributed by atoms with van der Waals surface area (Å²) < 4.78 is 25.4. The van der Waals surface area contributed by atoms with Crippen molar-refractivity contribution in [1.82, 2.24) is 20.0 Å². The molecule has 1 aromatic heterocycles. The first-order valence-electron chi connectivity index (χ1n) is 10.7. The van der Waals surface area contributed by atoms with Crippen molar-refractivity contribution in [2.75, 3.05) is 58.9 Å². The summed E-state index contributed by atoms with van der Waals surface area (Å²) in [5, 5.41) is 9.75. The van der Waals surface area contributed by atoms with Crippen LogP contribution in [0.3, 0.4) is 0 Å². The van der Waals surface area contributed by atoms with Crippen molar-refractivity contribution >= 4 is 23.1 Å². The molecule has 32 heavy (non-hydrogen) atoms. The van der Waals surface area contributed by atoms with E-state index in [1.54, 1.807) is 17.9 Å². The highest BCUT2D eigenvalue weighted by Crippen LogP contribution is 2.29. The van der Waals surface area contributed by atoms with E-state index in [1.165, 1.54) is 12.3 Å². The second kappa shape index (κ2) is 11.1. The van der Waals surface area contributed by atoms with E-state index in [0.29, 0.717) is 55.7 Å². The number of aromatic nitrogens is 2. The lowest BCUT2D eigenvalue weighted by molar-refractivity contribution is 0.0564. The molecule has 2 N–H and O–H groups in total. The Morgan fingerprint density at radius 2 is 2.12 bits per heavy atom. The fourth-order valence-electron chi connectivity index (χ4n) is 3.29. The van der Waals surface area contributed by atoms with Gasteiger partial charge in [0.05, 0.1) is 43.1 Å². The van der Waals surface area contributed by atoms with E-state index >= 15 is 0 Å². The van der Waals surface area contributed by atoms with E-state index in [1.807, 2.05) is 21.0 Å². The van der Waals surface area contributed by atoms with Crippen LogP contribution in [0.5, 0.6) is 5.75 Å². The molecule has 0 bridgehead atoms. The molecule has 10 heteroatoms. The Kier molecular flexibility index (Phi) is 8.18. The number of rotatable bonds is 8. The number of benzene rings is 1. The van der Waals surface area contributed by atoms with Gasteiger partial charge in [-0.3, -0.25) is 10.1 Å². The van der Waals surface area contributed by atoms with Crippen molar-refractivity contribution in [2.24, 2.45) is 4.99 Å². The maximum absolute atomic E-state index is 14.6. The number of carbonyl (C=O) groups excluding carboxylic acids is 1. The minimum absolute atomic E-state index is 0.220. The first-order chi connectivity index (χ1) is 15.3. The monoisotopic (exact) mass is 446 g/mol. The summed E-state index contributed by atoms with van der Waals surface area (Å²) in [6.45, 7) is 7.06. The number of nitrogens with one attached hydrogen (secondary N) is 2. The smallest absolute Gasteiger partial charge is 0.322 e. The predicted molar refractivity (Wildman–Crippen MR) is 122 cm³/mol. The van der Waals surface area contributed by atoms with Crippen LogP contribution in [0.2, 0.25) is 0 Å². The highest BCUT2D eigenvalue weighted by molar-refractivity contribution is 6.05. The van der Waals surface area contributed by atoms with Gasteiger partial charge in [0.15, 0.2) is 11.6 Å². The summed E-state index contributed by atoms with van der Waals surface area (Å²) in [7, 11) is 3.97. The number of H-pyrrole nitrogens is 1. The third-order valence-corrected chi connectivity index (χ3v) is 5.09. The summed E-state index contributed by atoms with van der Waals surface area (Å²) in [6.07, 6.45) is 2.34. The van der Waals surface area contributed by atoms with Crippen molar-refractivity contribution in [3.63, 3.8) is 0 Å². The average Bonchev–Trinajstić information content (AvgIpc) is 3.23. The van der Waals surface area contributed by atoms with Crippen LogP contribution in [0.15, 0.2) is 23.3 Å². The van der Waals surface area contributed by atoms with Crippen molar-refractivity contribution < 1.29 is 18.7 Å². The Bertz CT molecular complexity index is 953. The van der Waals surface area contributed by atoms with Crippen LogP contribution < -0.4 is 10.1 Å². The van der Waals surface area contributed by atoms with E-state index in [0.717, 1.165) is 18.5 Å². The molecule has 0 spiro atoms. The number of morpholine rings is 1. The molecule has 0 unspecified atom stereocenters. The zero-order valence-electron chi connectivity index (χ0n) is 19.1. The molecule has 174 valence electrons. The number of aryl methyl sites for hydroxylation is 1. The Labute approximate surface area is 187 Å². The van der Waals surface area contributed by atoms with Gasteiger partial charge >= 0.3 is 6.03 Å². The number of amides is 2. The quantitative estimate of drug-likeness (QED) is 0.480. The molecule has 2 aromatic rings. The summed E-state index contributed by atoms with van der Waals surface area (Å²) in [4.78, 5) is 20.8. The molecule has 1 saturated heterocycles. The molecule has 1 fully saturated rings. The molecular weight excluding hydrogens is 415 g/mol. The topological polar surface area (TPSA) is 95.1 Å². The number of hydrogen-bond donors (Lipinski definition) is 2. The minimum atomic E-state index is -0.461. The van der Waals surface area contributed by atoms with Crippen molar-refractivity contribution in [2.45, 2.75) is 20.3 Å². The van der Waals surface area contributed by atoms with E-state index in [4.69, 9.17) is 9.47 Å². The molecule has 0 atom stereocenters.